The maximum absolute atomic E-state index is 9.98. The normalized spacial score (nSPS) is 50.6. The van der Waals surface area contributed by atoms with E-state index in [9.17, 15) is 15.3 Å². The van der Waals surface area contributed by atoms with Gasteiger partial charge in [-0.15, -0.1) is 11.6 Å². The van der Waals surface area contributed by atoms with Crippen molar-refractivity contribution in [3.63, 3.8) is 0 Å². The molecule has 6 atom stereocenters. The lowest BCUT2D eigenvalue weighted by Crippen LogP contribution is -2.56. The molecular formula is C9H15ClO6. The number of fused-ring (bicyclic) bond motifs is 1. The summed E-state index contributed by atoms with van der Waals surface area (Å²) in [7, 11) is 2.66. The minimum atomic E-state index is -1.49. The summed E-state index contributed by atoms with van der Waals surface area (Å²) in [6.45, 7) is 0. The lowest BCUT2D eigenvalue weighted by molar-refractivity contribution is -0.284. The van der Waals surface area contributed by atoms with Gasteiger partial charge in [-0.1, -0.05) is 0 Å². The van der Waals surface area contributed by atoms with Crippen molar-refractivity contribution in [3.8, 4) is 0 Å². The Labute approximate surface area is 97.7 Å². The molecule has 1 saturated carbocycles. The highest BCUT2D eigenvalue weighted by Gasteiger charge is 2.68. The summed E-state index contributed by atoms with van der Waals surface area (Å²) >= 11 is 5.83. The number of halogens is 1. The summed E-state index contributed by atoms with van der Waals surface area (Å²) in [5.41, 5.74) is 0. The van der Waals surface area contributed by atoms with Gasteiger partial charge in [0.1, 0.15) is 30.5 Å². The van der Waals surface area contributed by atoms with Crippen molar-refractivity contribution in [1.82, 2.24) is 0 Å². The molecule has 0 amide bonds. The Balaban J connectivity index is 2.33. The molecule has 7 heteroatoms. The monoisotopic (exact) mass is 254 g/mol. The average Bonchev–Trinajstić information content (AvgIpc) is 3.08. The van der Waals surface area contributed by atoms with E-state index < -0.39 is 41.7 Å². The molecule has 0 spiro atoms. The van der Waals surface area contributed by atoms with Crippen LogP contribution in [0.2, 0.25) is 0 Å². The molecule has 0 aromatic heterocycles. The van der Waals surface area contributed by atoms with Crippen LogP contribution in [-0.4, -0.2) is 71.2 Å². The number of aliphatic hydroxyl groups is 3. The van der Waals surface area contributed by atoms with E-state index in [2.05, 4.69) is 0 Å². The average molecular weight is 255 g/mol. The highest BCUT2D eigenvalue weighted by atomic mass is 35.5. The predicted octanol–water partition coefficient (Wildman–Crippen LogP) is -1.55. The van der Waals surface area contributed by atoms with E-state index in [-0.39, 0.29) is 0 Å². The summed E-state index contributed by atoms with van der Waals surface area (Å²) in [6, 6.07) is 0. The van der Waals surface area contributed by atoms with Gasteiger partial charge in [-0.3, -0.25) is 0 Å². The van der Waals surface area contributed by atoms with Crippen LogP contribution in [-0.2, 0) is 14.2 Å². The number of aliphatic hydroxyl groups excluding tert-OH is 3. The van der Waals surface area contributed by atoms with E-state index in [0.717, 1.165) is 0 Å². The third-order valence-electron chi connectivity index (χ3n) is 3.29. The summed E-state index contributed by atoms with van der Waals surface area (Å²) in [5, 5.41) is 28.5. The fourth-order valence-corrected chi connectivity index (χ4v) is 2.51. The topological polar surface area (TPSA) is 91.7 Å². The number of alkyl halides is 1. The van der Waals surface area contributed by atoms with Gasteiger partial charge >= 0.3 is 0 Å². The fraction of sp³-hybridized carbons (Fsp3) is 1.00. The molecule has 0 unspecified atom stereocenters. The van der Waals surface area contributed by atoms with Crippen molar-refractivity contribution in [2.45, 2.75) is 41.7 Å². The van der Waals surface area contributed by atoms with E-state index in [0.29, 0.717) is 0 Å². The van der Waals surface area contributed by atoms with Gasteiger partial charge in [0.05, 0.1) is 5.38 Å². The minimum Gasteiger partial charge on any atom is -0.389 e. The Hall–Kier alpha value is 0.0500. The van der Waals surface area contributed by atoms with E-state index in [4.69, 9.17) is 25.8 Å². The van der Waals surface area contributed by atoms with Crippen LogP contribution < -0.4 is 0 Å². The zero-order valence-corrected chi connectivity index (χ0v) is 9.66. The number of methoxy groups -OCH3 is 2. The molecule has 3 N–H and O–H groups in total. The standard InChI is InChI=1S/C9H15ClO6/c1-14-9(15-2)7(13)5(12)3(10)4(11)6-8(9)16-6/h3-8,11-13H,1-2H3/t3-,4-,5-,6+,7+,8+/m1/s1. The zero-order chi connectivity index (χ0) is 12.1. The van der Waals surface area contributed by atoms with Crippen molar-refractivity contribution in [3.05, 3.63) is 0 Å². The predicted molar refractivity (Wildman–Crippen MR) is 53.1 cm³/mol. The quantitative estimate of drug-likeness (QED) is 0.314. The molecule has 1 heterocycles. The third kappa shape index (κ3) is 1.49. The highest BCUT2D eigenvalue weighted by Crippen LogP contribution is 2.45. The molecule has 0 radical (unpaired) electrons. The first-order chi connectivity index (χ1) is 7.49. The molecular weight excluding hydrogens is 240 g/mol. The second-order valence-electron chi connectivity index (χ2n) is 4.02. The van der Waals surface area contributed by atoms with Gasteiger partial charge in [0, 0.05) is 14.2 Å². The largest absolute Gasteiger partial charge is 0.389 e. The van der Waals surface area contributed by atoms with Crippen molar-refractivity contribution in [2.24, 2.45) is 0 Å². The molecule has 2 fully saturated rings. The Morgan fingerprint density at radius 3 is 2.19 bits per heavy atom. The molecule has 0 bridgehead atoms. The first kappa shape index (κ1) is 12.5. The van der Waals surface area contributed by atoms with Gasteiger partial charge in [-0.05, 0) is 0 Å². The van der Waals surface area contributed by atoms with E-state index in [1.807, 2.05) is 0 Å². The van der Waals surface area contributed by atoms with Gasteiger partial charge in [-0.2, -0.15) is 0 Å². The second kappa shape index (κ2) is 4.06. The van der Waals surface area contributed by atoms with Gasteiger partial charge < -0.3 is 29.5 Å². The molecule has 0 aromatic rings. The first-order valence-electron chi connectivity index (χ1n) is 4.93. The van der Waals surface area contributed by atoms with Crippen LogP contribution in [0.5, 0.6) is 0 Å². The SMILES string of the molecule is COC1(OC)[C@@H](O)[C@H](O)[C@H](Cl)[C@@H](O)[C@@H]2O[C@@H]21. The number of hydrogen-bond donors (Lipinski definition) is 3. The summed E-state index contributed by atoms with van der Waals surface area (Å²) in [5.74, 6) is -1.49. The molecule has 1 saturated heterocycles. The molecule has 16 heavy (non-hydrogen) atoms. The summed E-state index contributed by atoms with van der Waals surface area (Å²) in [6.07, 6.45) is -5.03. The maximum Gasteiger partial charge on any atom is 0.226 e. The lowest BCUT2D eigenvalue weighted by atomic mass is 10.0. The molecule has 1 aliphatic carbocycles. The zero-order valence-electron chi connectivity index (χ0n) is 8.91. The minimum absolute atomic E-state index is 0.589. The van der Waals surface area contributed by atoms with E-state index >= 15 is 0 Å². The second-order valence-corrected chi connectivity index (χ2v) is 4.53. The van der Waals surface area contributed by atoms with Crippen LogP contribution in [0.4, 0.5) is 0 Å². The van der Waals surface area contributed by atoms with Crippen LogP contribution in [0.15, 0.2) is 0 Å². The van der Waals surface area contributed by atoms with Crippen molar-refractivity contribution in [1.29, 1.82) is 0 Å². The number of epoxide rings is 1. The Kier molecular flexibility index (Phi) is 3.17. The number of hydrogen-bond acceptors (Lipinski definition) is 6. The van der Waals surface area contributed by atoms with Crippen LogP contribution in [0.3, 0.4) is 0 Å². The Morgan fingerprint density at radius 2 is 1.69 bits per heavy atom. The van der Waals surface area contributed by atoms with Gasteiger partial charge in [0.25, 0.3) is 0 Å². The van der Waals surface area contributed by atoms with Gasteiger partial charge in [0.2, 0.25) is 5.79 Å². The van der Waals surface area contributed by atoms with E-state index in [1.54, 1.807) is 0 Å². The smallest absolute Gasteiger partial charge is 0.226 e. The van der Waals surface area contributed by atoms with E-state index in [1.165, 1.54) is 14.2 Å². The Morgan fingerprint density at radius 1 is 1.12 bits per heavy atom. The molecule has 1 aliphatic heterocycles. The molecule has 2 aliphatic rings. The third-order valence-corrected chi connectivity index (χ3v) is 3.80. The maximum atomic E-state index is 9.98. The lowest BCUT2D eigenvalue weighted by Gasteiger charge is -2.36. The summed E-state index contributed by atoms with van der Waals surface area (Å²) in [4.78, 5) is 0. The van der Waals surface area contributed by atoms with Crippen molar-refractivity contribution in [2.75, 3.05) is 14.2 Å². The molecule has 2 rings (SSSR count). The first-order valence-corrected chi connectivity index (χ1v) is 5.37. The fourth-order valence-electron chi connectivity index (χ4n) is 2.23. The molecule has 94 valence electrons. The molecule has 6 nitrogen and oxygen atoms in total. The van der Waals surface area contributed by atoms with Crippen LogP contribution in [0.25, 0.3) is 0 Å². The van der Waals surface area contributed by atoms with Gasteiger partial charge in [-0.25, -0.2) is 0 Å². The molecule has 0 aromatic carbocycles. The number of rotatable bonds is 2. The van der Waals surface area contributed by atoms with Crippen LogP contribution in [0, 0.1) is 0 Å². The van der Waals surface area contributed by atoms with Crippen molar-refractivity contribution < 1.29 is 29.5 Å². The Bertz CT molecular complexity index is 271. The van der Waals surface area contributed by atoms with Crippen molar-refractivity contribution >= 4 is 11.6 Å². The highest BCUT2D eigenvalue weighted by molar-refractivity contribution is 6.21. The van der Waals surface area contributed by atoms with Crippen LogP contribution >= 0.6 is 11.6 Å². The number of ether oxygens (including phenoxy) is 3. The van der Waals surface area contributed by atoms with Gasteiger partial charge in [0.15, 0.2) is 0 Å². The summed E-state index contributed by atoms with van der Waals surface area (Å²) < 4.78 is 15.4. The van der Waals surface area contributed by atoms with Crippen LogP contribution in [0.1, 0.15) is 0 Å².